The van der Waals surface area contributed by atoms with E-state index in [0.717, 1.165) is 11.0 Å². The van der Waals surface area contributed by atoms with Crippen molar-refractivity contribution in [2.45, 2.75) is 18.7 Å². The van der Waals surface area contributed by atoms with Crippen molar-refractivity contribution in [3.05, 3.63) is 29.6 Å². The molecule has 12 heavy (non-hydrogen) atoms. The number of nitrogens with zero attached hydrogens (tertiary/aromatic N) is 1. The first-order valence-corrected chi connectivity index (χ1v) is 4.94. The number of hydrogen-bond acceptors (Lipinski definition) is 2. The number of alkyl halides is 1. The first-order chi connectivity index (χ1) is 5.77. The second-order valence-electron chi connectivity index (χ2n) is 2.45. The van der Waals surface area contributed by atoms with Gasteiger partial charge in [-0.25, -0.2) is 0 Å². The van der Waals surface area contributed by atoms with Crippen LogP contribution < -0.4 is 0 Å². The number of Topliss-reactive ketones (excluding diaryl/α,β-unsaturated/α-hetero) is 1. The third-order valence-electron chi connectivity index (χ3n) is 1.60. The van der Waals surface area contributed by atoms with Gasteiger partial charge in [0.25, 0.3) is 0 Å². The fraction of sp³-hybridized carbons (Fsp3) is 0.333. The number of rotatable bonds is 3. The molecule has 2 nitrogen and oxygen atoms in total. The van der Waals surface area contributed by atoms with Gasteiger partial charge in [0, 0.05) is 23.5 Å². The van der Waals surface area contributed by atoms with Crippen LogP contribution in [0.5, 0.6) is 0 Å². The van der Waals surface area contributed by atoms with Crippen LogP contribution in [0, 0.1) is 0 Å². The zero-order valence-electron chi connectivity index (χ0n) is 6.88. The predicted octanol–water partition coefficient (Wildman–Crippen LogP) is 2.57. The van der Waals surface area contributed by atoms with E-state index in [-0.39, 0.29) is 5.78 Å². The van der Waals surface area contributed by atoms with Crippen molar-refractivity contribution in [3.8, 4) is 0 Å². The van der Waals surface area contributed by atoms with Crippen LogP contribution in [0.2, 0.25) is 0 Å². The summed E-state index contributed by atoms with van der Waals surface area (Å²) in [5, 5.41) is 0.730. The number of hydrogen-bond donors (Lipinski definition) is 0. The highest BCUT2D eigenvalue weighted by Gasteiger charge is 2.02. The summed E-state index contributed by atoms with van der Waals surface area (Å²) in [5.74, 6) is 0.142. The normalized spacial score (nSPS) is 9.83. The molecule has 0 aromatic carbocycles. The Bertz CT molecular complexity index is 268. The van der Waals surface area contributed by atoms with E-state index in [0.29, 0.717) is 12.0 Å². The quantitative estimate of drug-likeness (QED) is 0.587. The van der Waals surface area contributed by atoms with Gasteiger partial charge in [-0.3, -0.25) is 9.78 Å². The van der Waals surface area contributed by atoms with E-state index in [1.165, 1.54) is 0 Å². The maximum Gasteiger partial charge on any atom is 0.164 e. The Balaban J connectivity index is 2.84. The molecule has 0 atom stereocenters. The number of aromatic nitrogens is 1. The minimum Gasteiger partial charge on any atom is -0.294 e. The summed E-state index contributed by atoms with van der Waals surface area (Å²) >= 11 is 3.29. The number of ketones is 1. The van der Waals surface area contributed by atoms with Gasteiger partial charge in [-0.1, -0.05) is 22.9 Å². The van der Waals surface area contributed by atoms with Crippen molar-refractivity contribution in [3.63, 3.8) is 0 Å². The second-order valence-corrected chi connectivity index (χ2v) is 3.01. The predicted molar refractivity (Wildman–Crippen MR) is 51.5 cm³/mol. The molecular weight excluding hydrogens is 218 g/mol. The van der Waals surface area contributed by atoms with E-state index >= 15 is 0 Å². The lowest BCUT2D eigenvalue weighted by Gasteiger charge is -1.97. The largest absolute Gasteiger partial charge is 0.294 e. The van der Waals surface area contributed by atoms with Gasteiger partial charge in [0.1, 0.15) is 0 Å². The topological polar surface area (TPSA) is 30.0 Å². The summed E-state index contributed by atoms with van der Waals surface area (Å²) in [5.41, 5.74) is 1.64. The van der Waals surface area contributed by atoms with Gasteiger partial charge in [-0.05, 0) is 12.1 Å². The molecule has 0 bridgehead atoms. The van der Waals surface area contributed by atoms with Gasteiger partial charge in [-0.2, -0.15) is 0 Å². The zero-order valence-corrected chi connectivity index (χ0v) is 8.47. The maximum atomic E-state index is 11.2. The van der Waals surface area contributed by atoms with Crippen molar-refractivity contribution < 1.29 is 4.79 Å². The Kier molecular flexibility index (Phi) is 3.41. The van der Waals surface area contributed by atoms with Crippen LogP contribution in [0.1, 0.15) is 29.4 Å². The minimum atomic E-state index is 0.142. The number of carbonyl (C=O) groups is 1. The molecule has 0 aliphatic rings. The van der Waals surface area contributed by atoms with E-state index < -0.39 is 0 Å². The Morgan fingerprint density at radius 2 is 2.33 bits per heavy atom. The molecule has 0 saturated heterocycles. The highest BCUT2D eigenvalue weighted by atomic mass is 79.9. The van der Waals surface area contributed by atoms with Crippen LogP contribution in [0.4, 0.5) is 0 Å². The molecule has 1 rings (SSSR count). The van der Waals surface area contributed by atoms with Crippen molar-refractivity contribution in [2.24, 2.45) is 0 Å². The smallest absolute Gasteiger partial charge is 0.164 e. The molecule has 0 spiro atoms. The molecule has 0 saturated carbocycles. The van der Waals surface area contributed by atoms with Gasteiger partial charge in [0.15, 0.2) is 5.78 Å². The van der Waals surface area contributed by atoms with Crippen LogP contribution in [-0.2, 0) is 5.33 Å². The molecule has 1 heterocycles. The monoisotopic (exact) mass is 227 g/mol. The van der Waals surface area contributed by atoms with Crippen LogP contribution in [0.3, 0.4) is 0 Å². The highest BCUT2D eigenvalue weighted by Crippen LogP contribution is 2.05. The molecule has 0 aliphatic heterocycles. The van der Waals surface area contributed by atoms with Crippen molar-refractivity contribution in [1.82, 2.24) is 4.98 Å². The van der Waals surface area contributed by atoms with E-state index in [4.69, 9.17) is 0 Å². The van der Waals surface area contributed by atoms with Crippen molar-refractivity contribution >= 4 is 21.7 Å². The molecule has 1 aromatic heterocycles. The standard InChI is InChI=1S/C9H10BrNO/c1-2-9(12)7-3-4-8(5-10)11-6-7/h3-4,6H,2,5H2,1H3. The van der Waals surface area contributed by atoms with Crippen LogP contribution >= 0.6 is 15.9 Å². The lowest BCUT2D eigenvalue weighted by Crippen LogP contribution is -1.97. The summed E-state index contributed by atoms with van der Waals surface area (Å²) in [6.45, 7) is 1.85. The highest BCUT2D eigenvalue weighted by molar-refractivity contribution is 9.08. The number of carbonyl (C=O) groups excluding carboxylic acids is 1. The summed E-state index contributed by atoms with van der Waals surface area (Å²) in [7, 11) is 0. The summed E-state index contributed by atoms with van der Waals surface area (Å²) in [6.07, 6.45) is 2.16. The number of halogens is 1. The summed E-state index contributed by atoms with van der Waals surface area (Å²) < 4.78 is 0. The van der Waals surface area contributed by atoms with Crippen LogP contribution in [0.15, 0.2) is 18.3 Å². The third kappa shape index (κ3) is 2.14. The maximum absolute atomic E-state index is 11.2. The average molecular weight is 228 g/mol. The minimum absolute atomic E-state index is 0.142. The molecule has 0 amide bonds. The molecule has 1 aromatic rings. The van der Waals surface area contributed by atoms with E-state index in [9.17, 15) is 4.79 Å². The Labute approximate surface area is 80.1 Å². The van der Waals surface area contributed by atoms with Crippen molar-refractivity contribution in [2.75, 3.05) is 0 Å². The molecule has 0 N–H and O–H groups in total. The molecule has 0 fully saturated rings. The first kappa shape index (κ1) is 9.39. The SMILES string of the molecule is CCC(=O)c1ccc(CBr)nc1. The molecule has 0 radical (unpaired) electrons. The molecule has 64 valence electrons. The van der Waals surface area contributed by atoms with Gasteiger partial charge in [0.2, 0.25) is 0 Å². The fourth-order valence-electron chi connectivity index (χ4n) is 0.873. The molecular formula is C9H10BrNO. The fourth-order valence-corrected chi connectivity index (χ4v) is 1.20. The Hall–Kier alpha value is -0.700. The zero-order chi connectivity index (χ0) is 8.97. The van der Waals surface area contributed by atoms with E-state index in [1.54, 1.807) is 6.20 Å². The van der Waals surface area contributed by atoms with Gasteiger partial charge in [0.05, 0.1) is 5.69 Å². The Morgan fingerprint density at radius 1 is 1.58 bits per heavy atom. The number of pyridine rings is 1. The molecule has 3 heteroatoms. The van der Waals surface area contributed by atoms with Crippen molar-refractivity contribution in [1.29, 1.82) is 0 Å². The van der Waals surface area contributed by atoms with Gasteiger partial charge in [-0.15, -0.1) is 0 Å². The van der Waals surface area contributed by atoms with E-state index in [1.807, 2.05) is 19.1 Å². The summed E-state index contributed by atoms with van der Waals surface area (Å²) in [4.78, 5) is 15.3. The Morgan fingerprint density at radius 3 is 2.75 bits per heavy atom. The van der Waals surface area contributed by atoms with Gasteiger partial charge < -0.3 is 0 Å². The summed E-state index contributed by atoms with van der Waals surface area (Å²) in [6, 6.07) is 3.67. The van der Waals surface area contributed by atoms with Crippen LogP contribution in [0.25, 0.3) is 0 Å². The average Bonchev–Trinajstić information content (AvgIpc) is 2.17. The van der Waals surface area contributed by atoms with Gasteiger partial charge >= 0.3 is 0 Å². The van der Waals surface area contributed by atoms with Crippen LogP contribution in [-0.4, -0.2) is 10.8 Å². The first-order valence-electron chi connectivity index (χ1n) is 3.82. The second kappa shape index (κ2) is 4.36. The lowest BCUT2D eigenvalue weighted by atomic mass is 10.1. The third-order valence-corrected chi connectivity index (χ3v) is 2.18. The molecule has 0 aliphatic carbocycles. The molecule has 0 unspecified atom stereocenters. The van der Waals surface area contributed by atoms with E-state index in [2.05, 4.69) is 20.9 Å². The lowest BCUT2D eigenvalue weighted by molar-refractivity contribution is 0.0988.